The van der Waals surface area contributed by atoms with Gasteiger partial charge in [0.2, 0.25) is 0 Å². The molecule has 1 saturated carbocycles. The first-order chi connectivity index (χ1) is 10.3. The van der Waals surface area contributed by atoms with Gasteiger partial charge in [0.05, 0.1) is 5.60 Å². The van der Waals surface area contributed by atoms with Gasteiger partial charge in [0, 0.05) is 9.72 Å². The molecular formula is C16H20BrO2PS2. The standard InChI is InChI=1S/C16H20BrO2PS2/c1-11(2)12-8-9-16(3)15(10-12)22-20(21,19-16)18-14-6-4-13(17)5-7-14/h4-7,12,15H,1,8-10H2,2-3H3/t12-,15+,16+,20-/m0/s1. The number of allylic oxidation sites excluding steroid dienone is 1. The van der Waals surface area contributed by atoms with Crippen LogP contribution in [0.2, 0.25) is 0 Å². The van der Waals surface area contributed by atoms with E-state index in [0.29, 0.717) is 11.2 Å². The summed E-state index contributed by atoms with van der Waals surface area (Å²) < 4.78 is 13.5. The van der Waals surface area contributed by atoms with Crippen molar-refractivity contribution in [3.63, 3.8) is 0 Å². The lowest BCUT2D eigenvalue weighted by molar-refractivity contribution is 0.0598. The maximum absolute atomic E-state index is 6.33. The fraction of sp³-hybridized carbons (Fsp3) is 0.500. The first-order valence-corrected chi connectivity index (χ1v) is 12.3. The van der Waals surface area contributed by atoms with E-state index < -0.39 is 5.69 Å². The van der Waals surface area contributed by atoms with E-state index in [-0.39, 0.29) is 5.60 Å². The molecule has 0 amide bonds. The summed E-state index contributed by atoms with van der Waals surface area (Å²) in [5.74, 6) is 1.38. The van der Waals surface area contributed by atoms with Crippen molar-refractivity contribution in [1.29, 1.82) is 0 Å². The maximum atomic E-state index is 6.33. The van der Waals surface area contributed by atoms with Crippen molar-refractivity contribution >= 4 is 44.8 Å². The van der Waals surface area contributed by atoms with Gasteiger partial charge in [-0.25, -0.2) is 0 Å². The molecule has 0 unspecified atom stereocenters. The summed E-state index contributed by atoms with van der Waals surface area (Å²) in [6.07, 6.45) is 3.26. The second kappa shape index (κ2) is 6.25. The third-order valence-electron chi connectivity index (χ3n) is 4.47. The minimum Gasteiger partial charge on any atom is -0.436 e. The average Bonchev–Trinajstić information content (AvgIpc) is 2.70. The Balaban J connectivity index is 1.76. The van der Waals surface area contributed by atoms with Gasteiger partial charge in [0.25, 0.3) is 5.69 Å². The minimum atomic E-state index is -2.33. The van der Waals surface area contributed by atoms with Gasteiger partial charge >= 0.3 is 0 Å². The quantitative estimate of drug-likeness (QED) is 0.422. The number of halogens is 1. The number of benzene rings is 1. The Morgan fingerprint density at radius 3 is 2.82 bits per heavy atom. The molecule has 4 atom stereocenters. The van der Waals surface area contributed by atoms with Crippen molar-refractivity contribution in [1.82, 2.24) is 0 Å². The number of hydrogen-bond acceptors (Lipinski definition) is 4. The molecule has 0 bridgehead atoms. The molecule has 0 spiro atoms. The van der Waals surface area contributed by atoms with E-state index in [0.717, 1.165) is 29.5 Å². The third kappa shape index (κ3) is 3.49. The first kappa shape index (κ1) is 17.0. The van der Waals surface area contributed by atoms with Crippen LogP contribution in [-0.2, 0) is 16.3 Å². The molecule has 120 valence electrons. The normalized spacial score (nSPS) is 37.6. The van der Waals surface area contributed by atoms with Crippen molar-refractivity contribution in [3.05, 3.63) is 40.9 Å². The summed E-state index contributed by atoms with van der Waals surface area (Å²) in [6.45, 7) is 8.45. The Hall–Kier alpha value is 0.200. The number of hydrogen-bond donors (Lipinski definition) is 0. The van der Waals surface area contributed by atoms with Gasteiger partial charge in [-0.2, -0.15) is 0 Å². The van der Waals surface area contributed by atoms with Crippen LogP contribution >= 0.6 is 33.0 Å². The molecule has 0 aromatic heterocycles. The van der Waals surface area contributed by atoms with Gasteiger partial charge in [-0.05, 0) is 75.1 Å². The van der Waals surface area contributed by atoms with E-state index in [9.17, 15) is 0 Å². The zero-order valence-corrected chi connectivity index (χ0v) is 16.9. The van der Waals surface area contributed by atoms with Crippen molar-refractivity contribution in [2.75, 3.05) is 0 Å². The van der Waals surface area contributed by atoms with Crippen LogP contribution in [-0.4, -0.2) is 10.9 Å². The second-order valence-electron chi connectivity index (χ2n) is 6.31. The highest BCUT2D eigenvalue weighted by molar-refractivity contribution is 9.10. The van der Waals surface area contributed by atoms with Gasteiger partial charge in [-0.15, -0.1) is 0 Å². The second-order valence-corrected chi connectivity index (χ2v) is 13.5. The Morgan fingerprint density at radius 1 is 1.50 bits per heavy atom. The fourth-order valence-electron chi connectivity index (χ4n) is 3.05. The molecule has 3 rings (SSSR count). The Kier molecular flexibility index (Phi) is 4.84. The molecule has 1 aromatic rings. The van der Waals surface area contributed by atoms with Crippen LogP contribution in [0.1, 0.15) is 33.1 Å². The van der Waals surface area contributed by atoms with Crippen molar-refractivity contribution in [2.24, 2.45) is 5.92 Å². The highest BCUT2D eigenvalue weighted by Crippen LogP contribution is 2.74. The number of rotatable bonds is 3. The molecule has 22 heavy (non-hydrogen) atoms. The smallest absolute Gasteiger partial charge is 0.298 e. The third-order valence-corrected chi connectivity index (χ3v) is 10.5. The highest BCUT2D eigenvalue weighted by atomic mass is 79.9. The Labute approximate surface area is 150 Å². The average molecular weight is 419 g/mol. The maximum Gasteiger partial charge on any atom is 0.298 e. The molecule has 6 heteroatoms. The topological polar surface area (TPSA) is 18.5 Å². The van der Waals surface area contributed by atoms with Crippen LogP contribution in [0, 0.1) is 5.92 Å². The van der Waals surface area contributed by atoms with Gasteiger partial charge in [-0.1, -0.05) is 39.5 Å². The SMILES string of the molecule is C=C(C)[C@H]1CC[C@@]2(C)O[P@](=S)(Oc3ccc(Br)cc3)S[C@@H]2C1. The molecule has 0 N–H and O–H groups in total. The van der Waals surface area contributed by atoms with Gasteiger partial charge in [0.1, 0.15) is 5.75 Å². The minimum absolute atomic E-state index is 0.151. The molecule has 2 aliphatic rings. The summed E-state index contributed by atoms with van der Waals surface area (Å²) >= 11 is 10.9. The molecule has 1 aliphatic heterocycles. The van der Waals surface area contributed by atoms with E-state index in [2.05, 4.69) is 36.4 Å². The zero-order chi connectivity index (χ0) is 16.0. The van der Waals surface area contributed by atoms with E-state index in [1.54, 1.807) is 11.4 Å². The fourth-order valence-corrected chi connectivity index (χ4v) is 10.2. The monoisotopic (exact) mass is 418 g/mol. The van der Waals surface area contributed by atoms with Crippen molar-refractivity contribution < 1.29 is 9.05 Å². The van der Waals surface area contributed by atoms with Crippen LogP contribution in [0.25, 0.3) is 0 Å². The van der Waals surface area contributed by atoms with E-state index in [1.807, 2.05) is 24.3 Å². The summed E-state index contributed by atoms with van der Waals surface area (Å²) in [7, 11) is 0. The van der Waals surface area contributed by atoms with Gasteiger partial charge < -0.3 is 9.05 Å². The summed E-state index contributed by atoms with van der Waals surface area (Å²) in [4.78, 5) is 0. The summed E-state index contributed by atoms with van der Waals surface area (Å²) in [5.41, 5.74) is -1.21. The lowest BCUT2D eigenvalue weighted by Crippen LogP contribution is -2.40. The van der Waals surface area contributed by atoms with Gasteiger partial charge in [-0.3, -0.25) is 0 Å². The zero-order valence-electron chi connectivity index (χ0n) is 12.8. The molecule has 0 radical (unpaired) electrons. The van der Waals surface area contributed by atoms with E-state index >= 15 is 0 Å². The number of fused-ring (bicyclic) bond motifs is 1. The van der Waals surface area contributed by atoms with Crippen LogP contribution in [0.4, 0.5) is 0 Å². The van der Waals surface area contributed by atoms with Crippen LogP contribution in [0.15, 0.2) is 40.9 Å². The first-order valence-electron chi connectivity index (χ1n) is 7.39. The van der Waals surface area contributed by atoms with E-state index in [4.69, 9.17) is 20.9 Å². The van der Waals surface area contributed by atoms with Crippen molar-refractivity contribution in [3.8, 4) is 5.75 Å². The highest BCUT2D eigenvalue weighted by Gasteiger charge is 2.53. The predicted octanol–water partition coefficient (Wildman–Crippen LogP) is 6.32. The lowest BCUT2D eigenvalue weighted by atomic mass is 9.77. The molecule has 1 aromatic carbocycles. The lowest BCUT2D eigenvalue weighted by Gasteiger charge is -2.37. The van der Waals surface area contributed by atoms with Crippen LogP contribution in [0.5, 0.6) is 5.75 Å². The molecule has 1 heterocycles. The predicted molar refractivity (Wildman–Crippen MR) is 102 cm³/mol. The summed E-state index contributed by atoms with van der Waals surface area (Å²) in [5, 5.41) is 0.407. The molecule has 1 aliphatic carbocycles. The Bertz CT molecular complexity index is 634. The van der Waals surface area contributed by atoms with Crippen molar-refractivity contribution in [2.45, 2.75) is 44.0 Å². The molecule has 2 nitrogen and oxygen atoms in total. The van der Waals surface area contributed by atoms with Gasteiger partial charge in [0.15, 0.2) is 0 Å². The molecular weight excluding hydrogens is 399 g/mol. The summed E-state index contributed by atoms with van der Waals surface area (Å²) in [6, 6.07) is 7.79. The largest absolute Gasteiger partial charge is 0.436 e. The Morgan fingerprint density at radius 2 is 2.18 bits per heavy atom. The van der Waals surface area contributed by atoms with Crippen LogP contribution in [0.3, 0.4) is 0 Å². The van der Waals surface area contributed by atoms with E-state index in [1.165, 1.54) is 5.57 Å². The van der Waals surface area contributed by atoms with Crippen LogP contribution < -0.4 is 4.52 Å². The molecule has 1 saturated heterocycles. The molecule has 2 fully saturated rings.